The first-order valence-corrected chi connectivity index (χ1v) is 10.1. The molecule has 2 aromatic carbocycles. The van der Waals surface area contributed by atoms with Gasteiger partial charge in [0.1, 0.15) is 0 Å². The van der Waals surface area contributed by atoms with Gasteiger partial charge in [0, 0.05) is 25.6 Å². The molecule has 1 fully saturated rings. The molecular formula is C24H26N4O2. The molecule has 1 aliphatic rings. The Kier molecular flexibility index (Phi) is 6.24. The molecule has 0 spiro atoms. The summed E-state index contributed by atoms with van der Waals surface area (Å²) in [6.07, 6.45) is 0.759. The van der Waals surface area contributed by atoms with E-state index in [0.717, 1.165) is 36.5 Å². The van der Waals surface area contributed by atoms with E-state index in [0.29, 0.717) is 25.3 Å². The molecule has 154 valence electrons. The molecular weight excluding hydrogens is 376 g/mol. The van der Waals surface area contributed by atoms with Crippen LogP contribution in [0.2, 0.25) is 0 Å². The van der Waals surface area contributed by atoms with Crippen LogP contribution in [0, 0.1) is 11.3 Å². The highest BCUT2D eigenvalue weighted by Crippen LogP contribution is 2.23. The summed E-state index contributed by atoms with van der Waals surface area (Å²) in [4.78, 5) is 2.21. The largest absolute Gasteiger partial charge is 0.377 e. The quantitative estimate of drug-likeness (QED) is 0.592. The summed E-state index contributed by atoms with van der Waals surface area (Å²) >= 11 is 0. The van der Waals surface area contributed by atoms with Gasteiger partial charge in [0.2, 0.25) is 0 Å². The van der Waals surface area contributed by atoms with Gasteiger partial charge in [-0.2, -0.15) is 5.26 Å². The highest BCUT2D eigenvalue weighted by atomic mass is 16.5. The Morgan fingerprint density at radius 1 is 1.07 bits per heavy atom. The lowest BCUT2D eigenvalue weighted by Gasteiger charge is -2.42. The Labute approximate surface area is 177 Å². The normalized spacial score (nSPS) is 15.0. The lowest BCUT2D eigenvalue weighted by atomic mass is 9.90. The average molecular weight is 402 g/mol. The van der Waals surface area contributed by atoms with Gasteiger partial charge in [0.05, 0.1) is 42.6 Å². The minimum absolute atomic E-state index is 0.127. The molecule has 0 bridgehead atoms. The summed E-state index contributed by atoms with van der Waals surface area (Å²) in [5.74, 6) is 0.867. The molecule has 1 saturated heterocycles. The SMILES string of the molecule is CN(Cc1ccccc1)Cc1cc(CC2(NCc3ccc(C#N)cc3)COC2)no1. The number of hydrogen-bond acceptors (Lipinski definition) is 6. The number of nitrogens with one attached hydrogen (secondary N) is 1. The van der Waals surface area contributed by atoms with Crippen molar-refractivity contribution < 1.29 is 9.26 Å². The summed E-state index contributed by atoms with van der Waals surface area (Å²) in [5, 5.41) is 16.8. The van der Waals surface area contributed by atoms with Crippen molar-refractivity contribution in [3.8, 4) is 6.07 Å². The predicted molar refractivity (Wildman–Crippen MR) is 113 cm³/mol. The minimum atomic E-state index is -0.127. The van der Waals surface area contributed by atoms with Gasteiger partial charge < -0.3 is 14.6 Å². The fourth-order valence-electron chi connectivity index (χ4n) is 3.68. The zero-order chi connectivity index (χ0) is 20.8. The van der Waals surface area contributed by atoms with Crippen LogP contribution < -0.4 is 5.32 Å². The van der Waals surface area contributed by atoms with E-state index in [1.165, 1.54) is 5.56 Å². The van der Waals surface area contributed by atoms with Crippen molar-refractivity contribution in [3.63, 3.8) is 0 Å². The number of nitriles is 1. The van der Waals surface area contributed by atoms with Crippen LogP contribution in [0.25, 0.3) is 0 Å². The van der Waals surface area contributed by atoms with Crippen LogP contribution in [0.3, 0.4) is 0 Å². The average Bonchev–Trinajstić information content (AvgIpc) is 3.17. The zero-order valence-electron chi connectivity index (χ0n) is 17.2. The zero-order valence-corrected chi connectivity index (χ0v) is 17.2. The Bertz CT molecular complexity index is 988. The van der Waals surface area contributed by atoms with Crippen LogP contribution in [-0.2, 0) is 30.8 Å². The van der Waals surface area contributed by atoms with E-state index in [4.69, 9.17) is 14.5 Å². The Hall–Kier alpha value is -2.98. The summed E-state index contributed by atoms with van der Waals surface area (Å²) in [6.45, 7) is 3.60. The monoisotopic (exact) mass is 402 g/mol. The van der Waals surface area contributed by atoms with Crippen LogP contribution in [0.4, 0.5) is 0 Å². The number of hydrogen-bond donors (Lipinski definition) is 1. The maximum atomic E-state index is 8.93. The maximum absolute atomic E-state index is 8.93. The molecule has 3 aromatic rings. The molecule has 0 unspecified atom stereocenters. The molecule has 0 atom stereocenters. The Morgan fingerprint density at radius 2 is 1.83 bits per heavy atom. The van der Waals surface area contributed by atoms with Gasteiger partial charge in [-0.05, 0) is 30.3 Å². The third-order valence-electron chi connectivity index (χ3n) is 5.36. The van der Waals surface area contributed by atoms with Crippen LogP contribution in [0.1, 0.15) is 28.1 Å². The summed E-state index contributed by atoms with van der Waals surface area (Å²) in [5.41, 5.74) is 3.90. The molecule has 1 aliphatic heterocycles. The second-order valence-corrected chi connectivity index (χ2v) is 8.05. The first-order valence-electron chi connectivity index (χ1n) is 10.1. The second-order valence-electron chi connectivity index (χ2n) is 8.05. The Balaban J connectivity index is 1.31. The third-order valence-corrected chi connectivity index (χ3v) is 5.36. The van der Waals surface area contributed by atoms with E-state index < -0.39 is 0 Å². The molecule has 0 aliphatic carbocycles. The summed E-state index contributed by atoms with van der Waals surface area (Å²) in [6, 6.07) is 22.2. The van der Waals surface area contributed by atoms with Crippen LogP contribution in [0.5, 0.6) is 0 Å². The van der Waals surface area contributed by atoms with Gasteiger partial charge in [-0.25, -0.2) is 0 Å². The van der Waals surface area contributed by atoms with Crippen LogP contribution in [-0.4, -0.2) is 35.9 Å². The van der Waals surface area contributed by atoms with E-state index in [2.05, 4.69) is 52.8 Å². The molecule has 2 heterocycles. The Morgan fingerprint density at radius 3 is 2.50 bits per heavy atom. The molecule has 6 nitrogen and oxygen atoms in total. The molecule has 0 radical (unpaired) electrons. The van der Waals surface area contributed by atoms with Crippen LogP contribution in [0.15, 0.2) is 65.2 Å². The van der Waals surface area contributed by atoms with Crippen molar-refractivity contribution in [2.24, 2.45) is 0 Å². The van der Waals surface area contributed by atoms with Crippen molar-refractivity contribution in [3.05, 3.63) is 88.8 Å². The van der Waals surface area contributed by atoms with Crippen LogP contribution >= 0.6 is 0 Å². The van der Waals surface area contributed by atoms with Crippen molar-refractivity contribution >= 4 is 0 Å². The highest BCUT2D eigenvalue weighted by Gasteiger charge is 2.39. The van der Waals surface area contributed by atoms with E-state index in [1.54, 1.807) is 0 Å². The van der Waals surface area contributed by atoms with Crippen molar-refractivity contribution in [2.45, 2.75) is 31.6 Å². The second kappa shape index (κ2) is 9.23. The van der Waals surface area contributed by atoms with Gasteiger partial charge in [0.15, 0.2) is 5.76 Å². The van der Waals surface area contributed by atoms with Gasteiger partial charge in [-0.15, -0.1) is 0 Å². The number of rotatable bonds is 9. The molecule has 4 rings (SSSR count). The van der Waals surface area contributed by atoms with Crippen molar-refractivity contribution in [1.29, 1.82) is 5.26 Å². The fourth-order valence-corrected chi connectivity index (χ4v) is 3.68. The first-order chi connectivity index (χ1) is 14.6. The molecule has 0 saturated carbocycles. The lowest BCUT2D eigenvalue weighted by molar-refractivity contribution is -0.0755. The summed E-state index contributed by atoms with van der Waals surface area (Å²) in [7, 11) is 2.08. The van der Waals surface area contributed by atoms with E-state index in [1.807, 2.05) is 36.4 Å². The lowest BCUT2D eigenvalue weighted by Crippen LogP contribution is -2.61. The van der Waals surface area contributed by atoms with E-state index >= 15 is 0 Å². The van der Waals surface area contributed by atoms with Gasteiger partial charge in [0.25, 0.3) is 0 Å². The number of benzene rings is 2. The molecule has 1 N–H and O–H groups in total. The fraction of sp³-hybridized carbons (Fsp3) is 0.333. The maximum Gasteiger partial charge on any atom is 0.150 e. The smallest absolute Gasteiger partial charge is 0.150 e. The van der Waals surface area contributed by atoms with Crippen molar-refractivity contribution in [1.82, 2.24) is 15.4 Å². The summed E-state index contributed by atoms with van der Waals surface area (Å²) < 4.78 is 11.1. The molecule has 0 amide bonds. The number of aromatic nitrogens is 1. The molecule has 1 aromatic heterocycles. The highest BCUT2D eigenvalue weighted by molar-refractivity contribution is 5.31. The third kappa shape index (κ3) is 5.14. The van der Waals surface area contributed by atoms with Gasteiger partial charge in [-0.3, -0.25) is 4.90 Å². The number of nitrogens with zero attached hydrogens (tertiary/aromatic N) is 3. The predicted octanol–water partition coefficient (Wildman–Crippen LogP) is 3.28. The number of ether oxygens (including phenoxy) is 1. The van der Waals surface area contributed by atoms with E-state index in [-0.39, 0.29) is 5.54 Å². The molecule has 6 heteroatoms. The molecule has 30 heavy (non-hydrogen) atoms. The van der Waals surface area contributed by atoms with E-state index in [9.17, 15) is 0 Å². The van der Waals surface area contributed by atoms with Gasteiger partial charge in [-0.1, -0.05) is 47.6 Å². The topological polar surface area (TPSA) is 74.3 Å². The van der Waals surface area contributed by atoms with Gasteiger partial charge >= 0.3 is 0 Å². The van der Waals surface area contributed by atoms with Crippen molar-refractivity contribution in [2.75, 3.05) is 20.3 Å². The minimum Gasteiger partial charge on any atom is -0.377 e. The standard InChI is InChI=1S/C24H26N4O2/c1-28(15-21-5-3-2-4-6-21)16-23-11-22(27-30-23)12-24(17-29-18-24)26-14-20-9-7-19(13-25)8-10-20/h2-11,26H,12,14-18H2,1H3. The first kappa shape index (κ1) is 20.3.